The van der Waals surface area contributed by atoms with Gasteiger partial charge in [0.05, 0.1) is 6.26 Å². The summed E-state index contributed by atoms with van der Waals surface area (Å²) >= 11 is 0. The topological polar surface area (TPSA) is 39.2 Å². The predicted molar refractivity (Wildman–Crippen MR) is 56.4 cm³/mol. The summed E-state index contributed by atoms with van der Waals surface area (Å²) < 4.78 is 10.8. The first kappa shape index (κ1) is 8.29. The van der Waals surface area contributed by atoms with Crippen LogP contribution in [0.5, 0.6) is 0 Å². The summed E-state index contributed by atoms with van der Waals surface area (Å²) in [4.78, 5) is 4.34. The number of benzene rings is 1. The molecule has 0 aliphatic heterocycles. The number of aromatic nitrogens is 1. The molecule has 3 nitrogen and oxygen atoms in total. The Kier molecular flexibility index (Phi) is 1.65. The van der Waals surface area contributed by atoms with E-state index in [9.17, 15) is 0 Å². The van der Waals surface area contributed by atoms with Crippen molar-refractivity contribution in [3.05, 3.63) is 42.5 Å². The van der Waals surface area contributed by atoms with E-state index in [1.807, 2.05) is 37.3 Å². The molecule has 2 heterocycles. The molecule has 3 aromatic rings. The zero-order chi connectivity index (χ0) is 10.3. The minimum absolute atomic E-state index is 0.670. The smallest absolute Gasteiger partial charge is 0.192 e. The van der Waals surface area contributed by atoms with Crippen LogP contribution in [-0.2, 0) is 0 Å². The van der Waals surface area contributed by atoms with Crippen LogP contribution in [0.3, 0.4) is 0 Å². The van der Waals surface area contributed by atoms with Crippen LogP contribution < -0.4 is 0 Å². The highest BCUT2D eigenvalue weighted by molar-refractivity contribution is 5.89. The monoisotopic (exact) mass is 199 g/mol. The number of rotatable bonds is 1. The lowest BCUT2D eigenvalue weighted by atomic mass is 10.1. The van der Waals surface area contributed by atoms with Crippen LogP contribution in [0.2, 0.25) is 0 Å². The average Bonchev–Trinajstić information content (AvgIpc) is 2.82. The molecule has 0 unspecified atom stereocenters. The Labute approximate surface area is 86.3 Å². The van der Waals surface area contributed by atoms with E-state index in [0.717, 1.165) is 22.4 Å². The number of hydrogen-bond acceptors (Lipinski definition) is 3. The Balaban J connectivity index is 2.35. The molecule has 1 aromatic carbocycles. The van der Waals surface area contributed by atoms with Crippen molar-refractivity contribution in [1.82, 2.24) is 4.98 Å². The van der Waals surface area contributed by atoms with Crippen molar-refractivity contribution in [2.45, 2.75) is 6.92 Å². The van der Waals surface area contributed by atoms with E-state index in [1.54, 1.807) is 6.26 Å². The number of oxazole rings is 1. The van der Waals surface area contributed by atoms with Crippen molar-refractivity contribution < 1.29 is 8.83 Å². The van der Waals surface area contributed by atoms with Gasteiger partial charge in [0, 0.05) is 12.5 Å². The first-order valence-electron chi connectivity index (χ1n) is 4.74. The normalized spacial score (nSPS) is 11.0. The van der Waals surface area contributed by atoms with Gasteiger partial charge >= 0.3 is 0 Å². The lowest BCUT2D eigenvalue weighted by Gasteiger charge is -1.95. The van der Waals surface area contributed by atoms with Gasteiger partial charge < -0.3 is 8.83 Å². The number of aryl methyl sites for hydroxylation is 1. The average molecular weight is 199 g/mol. The maximum atomic E-state index is 5.45. The maximum Gasteiger partial charge on any atom is 0.192 e. The van der Waals surface area contributed by atoms with Gasteiger partial charge in [-0.1, -0.05) is 6.07 Å². The van der Waals surface area contributed by atoms with Gasteiger partial charge in [-0.05, 0) is 24.3 Å². The summed E-state index contributed by atoms with van der Waals surface area (Å²) in [5.41, 5.74) is 2.61. The molecule has 0 atom stereocenters. The highest BCUT2D eigenvalue weighted by Crippen LogP contribution is 2.28. The molecule has 0 aliphatic carbocycles. The van der Waals surface area contributed by atoms with E-state index < -0.39 is 0 Å². The minimum atomic E-state index is 0.670. The maximum absolute atomic E-state index is 5.45. The largest absolute Gasteiger partial charge is 0.464 e. The summed E-state index contributed by atoms with van der Waals surface area (Å²) in [6, 6.07) is 9.59. The Morgan fingerprint density at radius 1 is 1.13 bits per heavy atom. The van der Waals surface area contributed by atoms with Crippen molar-refractivity contribution in [2.75, 3.05) is 0 Å². The molecule has 74 valence electrons. The van der Waals surface area contributed by atoms with E-state index in [4.69, 9.17) is 8.83 Å². The van der Waals surface area contributed by atoms with Gasteiger partial charge in [0.1, 0.15) is 11.3 Å². The van der Waals surface area contributed by atoms with Crippen molar-refractivity contribution in [1.29, 1.82) is 0 Å². The zero-order valence-corrected chi connectivity index (χ0v) is 8.23. The summed E-state index contributed by atoms with van der Waals surface area (Å²) in [7, 11) is 0. The molecular formula is C12H9NO2. The van der Waals surface area contributed by atoms with E-state index in [0.29, 0.717) is 5.89 Å². The Morgan fingerprint density at radius 2 is 2.07 bits per heavy atom. The molecule has 0 fully saturated rings. The van der Waals surface area contributed by atoms with Crippen LogP contribution in [-0.4, -0.2) is 4.98 Å². The van der Waals surface area contributed by atoms with Crippen molar-refractivity contribution in [2.24, 2.45) is 0 Å². The van der Waals surface area contributed by atoms with Crippen LogP contribution in [0.4, 0.5) is 0 Å². The number of hydrogen-bond donors (Lipinski definition) is 0. The quantitative estimate of drug-likeness (QED) is 0.603. The van der Waals surface area contributed by atoms with Gasteiger partial charge in [0.25, 0.3) is 0 Å². The standard InChI is InChI=1S/C12H9NO2/c1-8-13-12-9(10-6-3-7-14-10)4-2-5-11(12)15-8/h2-7H,1H3. The third kappa shape index (κ3) is 1.24. The second kappa shape index (κ2) is 2.98. The molecule has 0 N–H and O–H groups in total. The van der Waals surface area contributed by atoms with Gasteiger partial charge in [-0.3, -0.25) is 0 Å². The molecule has 0 saturated heterocycles. The molecule has 0 amide bonds. The van der Waals surface area contributed by atoms with E-state index in [2.05, 4.69) is 4.98 Å². The van der Waals surface area contributed by atoms with Gasteiger partial charge in [-0.2, -0.15) is 0 Å². The van der Waals surface area contributed by atoms with Gasteiger partial charge in [-0.25, -0.2) is 4.98 Å². The second-order valence-electron chi connectivity index (χ2n) is 3.36. The highest BCUT2D eigenvalue weighted by atomic mass is 16.3. The van der Waals surface area contributed by atoms with Crippen molar-refractivity contribution in [3.8, 4) is 11.3 Å². The van der Waals surface area contributed by atoms with E-state index >= 15 is 0 Å². The number of furan rings is 1. The van der Waals surface area contributed by atoms with E-state index in [-0.39, 0.29) is 0 Å². The molecule has 0 bridgehead atoms. The Hall–Kier alpha value is -2.03. The Morgan fingerprint density at radius 3 is 2.87 bits per heavy atom. The summed E-state index contributed by atoms with van der Waals surface area (Å²) in [5, 5.41) is 0. The fourth-order valence-corrected chi connectivity index (χ4v) is 1.69. The molecule has 15 heavy (non-hydrogen) atoms. The van der Waals surface area contributed by atoms with Gasteiger partial charge in [0.15, 0.2) is 11.5 Å². The Bertz CT molecular complexity index is 593. The van der Waals surface area contributed by atoms with Gasteiger partial charge in [0.2, 0.25) is 0 Å². The molecule has 3 rings (SSSR count). The fraction of sp³-hybridized carbons (Fsp3) is 0.0833. The van der Waals surface area contributed by atoms with Gasteiger partial charge in [-0.15, -0.1) is 0 Å². The molecule has 2 aromatic heterocycles. The second-order valence-corrected chi connectivity index (χ2v) is 3.36. The lowest BCUT2D eigenvalue weighted by molar-refractivity contribution is 0.561. The van der Waals surface area contributed by atoms with Crippen LogP contribution in [0, 0.1) is 6.92 Å². The highest BCUT2D eigenvalue weighted by Gasteiger charge is 2.10. The first-order valence-corrected chi connectivity index (χ1v) is 4.74. The van der Waals surface area contributed by atoms with E-state index in [1.165, 1.54) is 0 Å². The summed E-state index contributed by atoms with van der Waals surface area (Å²) in [6.07, 6.45) is 1.65. The third-order valence-corrected chi connectivity index (χ3v) is 2.31. The molecule has 0 spiro atoms. The van der Waals surface area contributed by atoms with Crippen molar-refractivity contribution in [3.63, 3.8) is 0 Å². The minimum Gasteiger partial charge on any atom is -0.464 e. The van der Waals surface area contributed by atoms with Crippen LogP contribution in [0.1, 0.15) is 5.89 Å². The first-order chi connectivity index (χ1) is 7.34. The fourth-order valence-electron chi connectivity index (χ4n) is 1.69. The molecule has 0 aliphatic rings. The SMILES string of the molecule is Cc1nc2c(-c3ccco3)cccc2o1. The number of nitrogens with zero attached hydrogens (tertiary/aromatic N) is 1. The summed E-state index contributed by atoms with van der Waals surface area (Å²) in [5.74, 6) is 1.48. The molecule has 0 saturated carbocycles. The molecule has 3 heteroatoms. The third-order valence-electron chi connectivity index (χ3n) is 2.31. The van der Waals surface area contributed by atoms with Crippen molar-refractivity contribution >= 4 is 11.1 Å². The predicted octanol–water partition coefficient (Wildman–Crippen LogP) is 3.40. The molecule has 0 radical (unpaired) electrons. The number of fused-ring (bicyclic) bond motifs is 1. The van der Waals surface area contributed by atoms with Crippen LogP contribution in [0.25, 0.3) is 22.4 Å². The lowest BCUT2D eigenvalue weighted by Crippen LogP contribution is -1.77. The number of para-hydroxylation sites is 1. The van der Waals surface area contributed by atoms with Crippen LogP contribution >= 0.6 is 0 Å². The summed E-state index contributed by atoms with van der Waals surface area (Å²) in [6.45, 7) is 1.84. The molecular weight excluding hydrogens is 190 g/mol. The zero-order valence-electron chi connectivity index (χ0n) is 8.23. The van der Waals surface area contributed by atoms with Crippen LogP contribution in [0.15, 0.2) is 45.4 Å².